The molecular weight excluding hydrogens is 243 g/mol. The number of nitrogens with one attached hydrogen (secondary N) is 1. The maximum absolute atomic E-state index is 12.9. The number of hydrogen-bond donors (Lipinski definition) is 1. The van der Waals surface area contributed by atoms with Gasteiger partial charge in [-0.25, -0.2) is 4.39 Å². The van der Waals surface area contributed by atoms with Gasteiger partial charge in [-0.2, -0.15) is 0 Å². The number of hydrogen-bond acceptors (Lipinski definition) is 5. The lowest BCUT2D eigenvalue weighted by molar-refractivity contribution is -0.384. The van der Waals surface area contributed by atoms with Crippen molar-refractivity contribution < 1.29 is 18.8 Å². The number of carbonyl (C=O) groups excluding carboxylic acids is 1. The van der Waals surface area contributed by atoms with Gasteiger partial charge in [-0.3, -0.25) is 14.9 Å². The first-order valence-corrected chi connectivity index (χ1v) is 5.21. The van der Waals surface area contributed by atoms with Crippen LogP contribution in [0.2, 0.25) is 0 Å². The fraction of sp³-hybridized carbons (Fsp3) is 0.364. The Morgan fingerprint density at radius 2 is 2.28 bits per heavy atom. The summed E-state index contributed by atoms with van der Waals surface area (Å²) in [5.74, 6) is -1.57. The van der Waals surface area contributed by atoms with E-state index < -0.39 is 22.6 Å². The number of nitrogens with zero attached hydrogens (tertiary/aromatic N) is 1. The van der Waals surface area contributed by atoms with Crippen LogP contribution in [0.5, 0.6) is 0 Å². The highest BCUT2D eigenvalue weighted by molar-refractivity contribution is 5.73. The lowest BCUT2D eigenvalue weighted by atomic mass is 10.1. The number of carbonyl (C=O) groups is 1. The van der Waals surface area contributed by atoms with Gasteiger partial charge in [0.2, 0.25) is 0 Å². The van der Waals surface area contributed by atoms with Crippen molar-refractivity contribution in [2.75, 3.05) is 19.0 Å². The molecule has 0 radical (unpaired) electrons. The van der Waals surface area contributed by atoms with Crippen LogP contribution in [0.3, 0.4) is 0 Å². The molecule has 0 fully saturated rings. The Labute approximate surface area is 103 Å². The fourth-order valence-electron chi connectivity index (χ4n) is 1.35. The van der Waals surface area contributed by atoms with Crippen LogP contribution in [0.25, 0.3) is 0 Å². The molecule has 1 atom stereocenters. The molecule has 18 heavy (non-hydrogen) atoms. The molecule has 6 nitrogen and oxygen atoms in total. The molecule has 0 amide bonds. The molecule has 1 rings (SSSR count). The van der Waals surface area contributed by atoms with Crippen molar-refractivity contribution in [3.05, 3.63) is 34.1 Å². The van der Waals surface area contributed by atoms with Crippen LogP contribution in [0.4, 0.5) is 15.8 Å². The zero-order valence-electron chi connectivity index (χ0n) is 9.97. The monoisotopic (exact) mass is 256 g/mol. The SMILES string of the molecule is COC(=O)[C@@H](C)CNc1ccc(F)cc1[N+](=O)[O-]. The molecule has 0 aliphatic carbocycles. The number of esters is 1. The van der Waals surface area contributed by atoms with E-state index in [1.807, 2.05) is 0 Å². The van der Waals surface area contributed by atoms with E-state index in [0.717, 1.165) is 12.1 Å². The van der Waals surface area contributed by atoms with Crippen molar-refractivity contribution >= 4 is 17.3 Å². The van der Waals surface area contributed by atoms with E-state index in [2.05, 4.69) is 10.1 Å². The normalized spacial score (nSPS) is 11.7. The van der Waals surface area contributed by atoms with Gasteiger partial charge in [0.15, 0.2) is 0 Å². The number of benzene rings is 1. The second kappa shape index (κ2) is 5.95. The van der Waals surface area contributed by atoms with Crippen LogP contribution in [0, 0.1) is 21.8 Å². The highest BCUT2D eigenvalue weighted by Crippen LogP contribution is 2.25. The minimum Gasteiger partial charge on any atom is -0.469 e. The number of nitro groups is 1. The van der Waals surface area contributed by atoms with Gasteiger partial charge in [-0.15, -0.1) is 0 Å². The van der Waals surface area contributed by atoms with E-state index >= 15 is 0 Å². The molecule has 1 aromatic rings. The molecule has 0 saturated heterocycles. The number of nitro benzene ring substituents is 1. The zero-order valence-corrected chi connectivity index (χ0v) is 9.97. The Morgan fingerprint density at radius 3 is 2.83 bits per heavy atom. The second-order valence-electron chi connectivity index (χ2n) is 3.72. The summed E-state index contributed by atoms with van der Waals surface area (Å²) < 4.78 is 17.4. The number of ether oxygens (including phenoxy) is 1. The quantitative estimate of drug-likeness (QED) is 0.494. The molecule has 1 aromatic carbocycles. The maximum Gasteiger partial charge on any atom is 0.310 e. The summed E-state index contributed by atoms with van der Waals surface area (Å²) in [6, 6.07) is 3.20. The van der Waals surface area contributed by atoms with E-state index in [1.54, 1.807) is 6.92 Å². The fourth-order valence-corrected chi connectivity index (χ4v) is 1.35. The molecule has 0 heterocycles. The maximum atomic E-state index is 12.9. The van der Waals surface area contributed by atoms with Crippen molar-refractivity contribution in [3.8, 4) is 0 Å². The summed E-state index contributed by atoms with van der Waals surface area (Å²) in [7, 11) is 1.26. The van der Waals surface area contributed by atoms with E-state index in [1.165, 1.54) is 13.2 Å². The minimum atomic E-state index is -0.687. The molecule has 0 spiro atoms. The Kier molecular flexibility index (Phi) is 4.59. The van der Waals surface area contributed by atoms with Gasteiger partial charge in [0, 0.05) is 6.54 Å². The highest BCUT2D eigenvalue weighted by atomic mass is 19.1. The van der Waals surface area contributed by atoms with Crippen LogP contribution in [0.15, 0.2) is 18.2 Å². The number of methoxy groups -OCH3 is 1. The van der Waals surface area contributed by atoms with Crippen LogP contribution in [-0.4, -0.2) is 24.5 Å². The Hall–Kier alpha value is -2.18. The van der Waals surface area contributed by atoms with E-state index in [4.69, 9.17) is 0 Å². The summed E-state index contributed by atoms with van der Waals surface area (Å²) in [4.78, 5) is 21.2. The largest absolute Gasteiger partial charge is 0.469 e. The average Bonchev–Trinajstić information content (AvgIpc) is 2.35. The molecular formula is C11H13FN2O4. The van der Waals surface area contributed by atoms with Crippen LogP contribution >= 0.6 is 0 Å². The van der Waals surface area contributed by atoms with Crippen LogP contribution < -0.4 is 5.32 Å². The molecule has 98 valence electrons. The standard InChI is InChI=1S/C11H13FN2O4/c1-7(11(15)18-2)6-13-9-4-3-8(12)5-10(9)14(16)17/h3-5,7,13H,6H2,1-2H3/t7-/m0/s1. The van der Waals surface area contributed by atoms with Crippen LogP contribution in [0.1, 0.15) is 6.92 Å². The third-order valence-corrected chi connectivity index (χ3v) is 2.36. The molecule has 1 N–H and O–H groups in total. The third kappa shape index (κ3) is 3.41. The molecule has 0 saturated carbocycles. The number of rotatable bonds is 5. The highest BCUT2D eigenvalue weighted by Gasteiger charge is 2.17. The topological polar surface area (TPSA) is 81.5 Å². The first-order valence-electron chi connectivity index (χ1n) is 5.21. The van der Waals surface area contributed by atoms with Gasteiger partial charge in [0.1, 0.15) is 11.5 Å². The summed E-state index contributed by atoms with van der Waals surface area (Å²) in [6.45, 7) is 1.79. The average molecular weight is 256 g/mol. The lowest BCUT2D eigenvalue weighted by Crippen LogP contribution is -2.21. The number of anilines is 1. The van der Waals surface area contributed by atoms with Crippen molar-refractivity contribution in [1.29, 1.82) is 0 Å². The smallest absolute Gasteiger partial charge is 0.310 e. The van der Waals surface area contributed by atoms with Crippen molar-refractivity contribution in [2.45, 2.75) is 6.92 Å². The first-order chi connectivity index (χ1) is 8.45. The Bertz CT molecular complexity index is 464. The van der Waals surface area contributed by atoms with E-state index in [9.17, 15) is 19.3 Å². The molecule has 0 unspecified atom stereocenters. The lowest BCUT2D eigenvalue weighted by Gasteiger charge is -2.11. The zero-order chi connectivity index (χ0) is 13.7. The van der Waals surface area contributed by atoms with Crippen molar-refractivity contribution in [2.24, 2.45) is 5.92 Å². The Balaban J connectivity index is 2.79. The van der Waals surface area contributed by atoms with Gasteiger partial charge in [0.25, 0.3) is 5.69 Å². The molecule has 7 heteroatoms. The minimum absolute atomic E-state index is 0.164. The van der Waals surface area contributed by atoms with Gasteiger partial charge < -0.3 is 10.1 Å². The summed E-state index contributed by atoms with van der Waals surface area (Å²) in [5.41, 5.74) is -0.204. The first kappa shape index (κ1) is 13.9. The summed E-state index contributed by atoms with van der Waals surface area (Å²) in [6.07, 6.45) is 0. The van der Waals surface area contributed by atoms with Gasteiger partial charge in [-0.05, 0) is 12.1 Å². The van der Waals surface area contributed by atoms with Crippen molar-refractivity contribution in [1.82, 2.24) is 0 Å². The second-order valence-corrected chi connectivity index (χ2v) is 3.72. The molecule has 0 aliphatic heterocycles. The predicted octanol–water partition coefficient (Wildman–Crippen LogP) is 1.95. The van der Waals surface area contributed by atoms with Crippen molar-refractivity contribution in [3.63, 3.8) is 0 Å². The summed E-state index contributed by atoms with van der Waals surface area (Å²) >= 11 is 0. The molecule has 0 aliphatic rings. The van der Waals surface area contributed by atoms with Crippen LogP contribution in [-0.2, 0) is 9.53 Å². The molecule has 0 aromatic heterocycles. The van der Waals surface area contributed by atoms with E-state index in [-0.39, 0.29) is 17.9 Å². The van der Waals surface area contributed by atoms with Gasteiger partial charge in [-0.1, -0.05) is 6.92 Å². The predicted molar refractivity (Wildman–Crippen MR) is 62.7 cm³/mol. The third-order valence-electron chi connectivity index (χ3n) is 2.36. The Morgan fingerprint density at radius 1 is 1.61 bits per heavy atom. The van der Waals surface area contributed by atoms with E-state index in [0.29, 0.717) is 0 Å². The molecule has 0 bridgehead atoms. The summed E-state index contributed by atoms with van der Waals surface area (Å²) in [5, 5.41) is 13.4. The number of halogens is 1. The van der Waals surface area contributed by atoms with Gasteiger partial charge in [0.05, 0.1) is 24.0 Å². The van der Waals surface area contributed by atoms with Gasteiger partial charge >= 0.3 is 5.97 Å².